The summed E-state index contributed by atoms with van der Waals surface area (Å²) in [6.07, 6.45) is 8.41. The molecular weight excluding hydrogens is 324 g/mol. The molecule has 2 aliphatic rings. The number of nitrogens with one attached hydrogen (secondary N) is 1. The molecule has 0 aromatic carbocycles. The standard InChI is InChI=1S/C18H34N2O3S/c1-5-18(2,3)15-8-10-16(11-9-15)19-17(21)14-7-6-12-20(13-14)24(4,22)23/h14-16H,5-13H2,1-4H3,(H,19,21). The topological polar surface area (TPSA) is 66.5 Å². The zero-order valence-electron chi connectivity index (χ0n) is 15.7. The van der Waals surface area contributed by atoms with Crippen molar-refractivity contribution in [1.29, 1.82) is 0 Å². The van der Waals surface area contributed by atoms with Crippen LogP contribution >= 0.6 is 0 Å². The third kappa shape index (κ3) is 4.94. The molecule has 5 nitrogen and oxygen atoms in total. The summed E-state index contributed by atoms with van der Waals surface area (Å²) < 4.78 is 24.8. The van der Waals surface area contributed by atoms with E-state index in [0.29, 0.717) is 18.5 Å². The van der Waals surface area contributed by atoms with E-state index < -0.39 is 10.0 Å². The van der Waals surface area contributed by atoms with Gasteiger partial charge in [-0.05, 0) is 49.9 Å². The van der Waals surface area contributed by atoms with Gasteiger partial charge in [0.1, 0.15) is 0 Å². The first-order valence-electron chi connectivity index (χ1n) is 9.39. The highest BCUT2D eigenvalue weighted by atomic mass is 32.2. The SMILES string of the molecule is CCC(C)(C)C1CCC(NC(=O)C2CCCN(S(C)(=O)=O)C2)CC1. The van der Waals surface area contributed by atoms with Gasteiger partial charge in [-0.15, -0.1) is 0 Å². The van der Waals surface area contributed by atoms with Crippen molar-refractivity contribution in [1.82, 2.24) is 9.62 Å². The Morgan fingerprint density at radius 3 is 2.33 bits per heavy atom. The summed E-state index contributed by atoms with van der Waals surface area (Å²) in [5, 5.41) is 3.19. The van der Waals surface area contributed by atoms with Crippen LogP contribution in [0.1, 0.15) is 65.7 Å². The van der Waals surface area contributed by atoms with Crippen LogP contribution in [0.3, 0.4) is 0 Å². The Kier molecular flexibility index (Phi) is 6.35. The molecule has 2 rings (SSSR count). The molecule has 0 radical (unpaired) electrons. The van der Waals surface area contributed by atoms with Crippen LogP contribution in [0, 0.1) is 17.3 Å². The maximum atomic E-state index is 12.5. The number of amides is 1. The van der Waals surface area contributed by atoms with E-state index in [2.05, 4.69) is 26.1 Å². The highest BCUT2D eigenvalue weighted by Gasteiger charge is 2.34. The smallest absolute Gasteiger partial charge is 0.224 e. The first-order chi connectivity index (χ1) is 11.1. The molecule has 0 aromatic rings. The average Bonchev–Trinajstić information content (AvgIpc) is 2.54. The molecule has 24 heavy (non-hydrogen) atoms. The van der Waals surface area contributed by atoms with Gasteiger partial charge in [0, 0.05) is 19.1 Å². The van der Waals surface area contributed by atoms with Crippen LogP contribution in [0.5, 0.6) is 0 Å². The lowest BCUT2D eigenvalue weighted by atomic mass is 9.69. The van der Waals surface area contributed by atoms with Crippen molar-refractivity contribution in [2.45, 2.75) is 71.8 Å². The predicted molar refractivity (Wildman–Crippen MR) is 97.1 cm³/mol. The lowest BCUT2D eigenvalue weighted by Gasteiger charge is -2.39. The van der Waals surface area contributed by atoms with E-state index in [1.807, 2.05) is 0 Å². The molecule has 1 atom stereocenters. The average molecular weight is 359 g/mol. The van der Waals surface area contributed by atoms with E-state index in [4.69, 9.17) is 0 Å². The highest BCUT2D eigenvalue weighted by Crippen LogP contribution is 2.40. The van der Waals surface area contributed by atoms with Crippen molar-refractivity contribution in [3.8, 4) is 0 Å². The monoisotopic (exact) mass is 358 g/mol. The molecule has 1 saturated heterocycles. The van der Waals surface area contributed by atoms with Crippen LogP contribution in [0.25, 0.3) is 0 Å². The fourth-order valence-corrected chi connectivity index (χ4v) is 5.00. The zero-order chi connectivity index (χ0) is 18.0. The van der Waals surface area contributed by atoms with Gasteiger partial charge >= 0.3 is 0 Å². The van der Waals surface area contributed by atoms with Crippen molar-refractivity contribution < 1.29 is 13.2 Å². The van der Waals surface area contributed by atoms with Crippen molar-refractivity contribution in [3.63, 3.8) is 0 Å². The van der Waals surface area contributed by atoms with Gasteiger partial charge in [0.25, 0.3) is 0 Å². The zero-order valence-corrected chi connectivity index (χ0v) is 16.5. The molecule has 1 saturated carbocycles. The van der Waals surface area contributed by atoms with Crippen LogP contribution < -0.4 is 5.32 Å². The van der Waals surface area contributed by atoms with Gasteiger partial charge < -0.3 is 5.32 Å². The number of rotatable bonds is 5. The minimum Gasteiger partial charge on any atom is -0.353 e. The largest absolute Gasteiger partial charge is 0.353 e. The molecule has 1 aliphatic carbocycles. The van der Waals surface area contributed by atoms with Crippen LogP contribution in [-0.4, -0.2) is 44.0 Å². The Bertz CT molecular complexity index is 536. The molecule has 1 N–H and O–H groups in total. The Hall–Kier alpha value is -0.620. The lowest BCUT2D eigenvalue weighted by molar-refractivity contribution is -0.127. The maximum Gasteiger partial charge on any atom is 0.224 e. The van der Waals surface area contributed by atoms with Crippen molar-refractivity contribution in [2.24, 2.45) is 17.3 Å². The fourth-order valence-electron chi connectivity index (χ4n) is 4.08. The molecule has 1 aliphatic heterocycles. The third-order valence-corrected chi connectivity index (χ3v) is 7.58. The summed E-state index contributed by atoms with van der Waals surface area (Å²) in [7, 11) is -3.20. The van der Waals surface area contributed by atoms with Gasteiger partial charge in [0.15, 0.2) is 0 Å². The molecule has 1 unspecified atom stereocenters. The highest BCUT2D eigenvalue weighted by molar-refractivity contribution is 7.88. The second-order valence-electron chi connectivity index (χ2n) is 8.36. The Morgan fingerprint density at radius 2 is 1.79 bits per heavy atom. The number of sulfonamides is 1. The molecule has 2 fully saturated rings. The first kappa shape index (κ1) is 19.7. The first-order valence-corrected chi connectivity index (χ1v) is 11.2. The normalized spacial score (nSPS) is 30.1. The van der Waals surface area contributed by atoms with E-state index in [0.717, 1.165) is 31.6 Å². The summed E-state index contributed by atoms with van der Waals surface area (Å²) in [5.74, 6) is 0.589. The minimum atomic E-state index is -3.20. The van der Waals surface area contributed by atoms with Crippen LogP contribution in [-0.2, 0) is 14.8 Å². The van der Waals surface area contributed by atoms with Crippen molar-refractivity contribution in [3.05, 3.63) is 0 Å². The van der Waals surface area contributed by atoms with Crippen molar-refractivity contribution >= 4 is 15.9 Å². The number of piperidine rings is 1. The number of hydrogen-bond acceptors (Lipinski definition) is 3. The number of carbonyl (C=O) groups excluding carboxylic acids is 1. The minimum absolute atomic E-state index is 0.0431. The van der Waals surface area contributed by atoms with E-state index in [-0.39, 0.29) is 17.9 Å². The summed E-state index contributed by atoms with van der Waals surface area (Å²) in [6, 6.07) is 0.259. The molecule has 1 amide bonds. The second-order valence-corrected chi connectivity index (χ2v) is 10.3. The van der Waals surface area contributed by atoms with Gasteiger partial charge in [-0.1, -0.05) is 27.2 Å². The Balaban J connectivity index is 1.83. The Morgan fingerprint density at radius 1 is 1.17 bits per heavy atom. The second kappa shape index (κ2) is 7.73. The maximum absolute atomic E-state index is 12.5. The summed E-state index contributed by atoms with van der Waals surface area (Å²) in [5.41, 5.74) is 0.383. The van der Waals surface area contributed by atoms with Crippen LogP contribution in [0.4, 0.5) is 0 Å². The molecule has 6 heteroatoms. The number of hydrogen-bond donors (Lipinski definition) is 1. The predicted octanol–water partition coefficient (Wildman–Crippen LogP) is 2.77. The van der Waals surface area contributed by atoms with Gasteiger partial charge in [-0.3, -0.25) is 4.79 Å². The quantitative estimate of drug-likeness (QED) is 0.822. The number of carbonyl (C=O) groups is 1. The van der Waals surface area contributed by atoms with Gasteiger partial charge in [-0.2, -0.15) is 0 Å². The third-order valence-electron chi connectivity index (χ3n) is 6.31. The molecular formula is C18H34N2O3S. The molecule has 140 valence electrons. The lowest BCUT2D eigenvalue weighted by Crippen LogP contribution is -2.48. The van der Waals surface area contributed by atoms with E-state index in [1.54, 1.807) is 0 Å². The number of nitrogens with zero attached hydrogens (tertiary/aromatic N) is 1. The van der Waals surface area contributed by atoms with E-state index in [9.17, 15) is 13.2 Å². The molecule has 0 aromatic heterocycles. The molecule has 0 spiro atoms. The van der Waals surface area contributed by atoms with E-state index >= 15 is 0 Å². The van der Waals surface area contributed by atoms with Gasteiger partial charge in [0.05, 0.1) is 12.2 Å². The van der Waals surface area contributed by atoms with Gasteiger partial charge in [0.2, 0.25) is 15.9 Å². The summed E-state index contributed by atoms with van der Waals surface area (Å²) >= 11 is 0. The Labute approximate surface area is 147 Å². The molecule has 0 bridgehead atoms. The summed E-state index contributed by atoms with van der Waals surface area (Å²) in [6.45, 7) is 7.82. The van der Waals surface area contributed by atoms with Crippen LogP contribution in [0.15, 0.2) is 0 Å². The van der Waals surface area contributed by atoms with Crippen molar-refractivity contribution in [2.75, 3.05) is 19.3 Å². The van der Waals surface area contributed by atoms with Gasteiger partial charge in [-0.25, -0.2) is 12.7 Å². The van der Waals surface area contributed by atoms with Crippen LogP contribution in [0.2, 0.25) is 0 Å². The molecule has 1 heterocycles. The van der Waals surface area contributed by atoms with E-state index in [1.165, 1.54) is 29.8 Å². The fraction of sp³-hybridized carbons (Fsp3) is 0.944. The summed E-state index contributed by atoms with van der Waals surface area (Å²) in [4.78, 5) is 12.5.